The second-order valence-corrected chi connectivity index (χ2v) is 8.68. The first-order valence-electron chi connectivity index (χ1n) is 11.0. The SMILES string of the molecule is CC1(c2ccc(OCCc3ccc4c(n3)NCCC4)cc2)CC1CC(=O)O.O=C(O)C(F)(F)F. The molecule has 0 radical (unpaired) electrons. The molecule has 1 fully saturated rings. The second-order valence-electron chi connectivity index (χ2n) is 8.68. The first-order valence-corrected chi connectivity index (χ1v) is 11.0. The number of halogens is 3. The zero-order valence-electron chi connectivity index (χ0n) is 18.7. The zero-order valence-corrected chi connectivity index (χ0v) is 18.7. The van der Waals surface area contributed by atoms with Gasteiger partial charge in [0.25, 0.3) is 0 Å². The number of hydrogen-bond donors (Lipinski definition) is 3. The van der Waals surface area contributed by atoms with Gasteiger partial charge in [-0.3, -0.25) is 4.79 Å². The maximum Gasteiger partial charge on any atom is 0.490 e. The van der Waals surface area contributed by atoms with Gasteiger partial charge in [0.15, 0.2) is 0 Å². The lowest BCUT2D eigenvalue weighted by molar-refractivity contribution is -0.192. The Bertz CT molecular complexity index is 1030. The number of aliphatic carboxylic acids is 2. The number of aryl methyl sites for hydroxylation is 1. The van der Waals surface area contributed by atoms with E-state index >= 15 is 0 Å². The number of aromatic nitrogens is 1. The first kappa shape index (κ1) is 25.3. The highest BCUT2D eigenvalue weighted by Gasteiger charge is 2.51. The van der Waals surface area contributed by atoms with Crippen LogP contribution in [0.15, 0.2) is 36.4 Å². The fraction of sp³-hybridized carbons (Fsp3) is 0.458. The van der Waals surface area contributed by atoms with Crippen LogP contribution >= 0.6 is 0 Å². The van der Waals surface area contributed by atoms with Crippen molar-refractivity contribution in [1.29, 1.82) is 0 Å². The molecule has 4 rings (SSSR count). The van der Waals surface area contributed by atoms with Crippen molar-refractivity contribution in [2.45, 2.75) is 50.6 Å². The number of rotatable bonds is 7. The minimum absolute atomic E-state index is 0.00301. The van der Waals surface area contributed by atoms with Crippen LogP contribution < -0.4 is 10.1 Å². The van der Waals surface area contributed by atoms with E-state index in [-0.39, 0.29) is 17.8 Å². The number of fused-ring (bicyclic) bond motifs is 1. The standard InChI is InChI=1S/C22H26N2O3.C2HF3O2/c1-22(14-17(22)13-20(25)26)16-5-8-19(9-6-16)27-12-10-18-7-4-15-3-2-11-23-21(15)24-18;3-2(4,5)1(6)7/h4-9,17H,2-3,10-14H2,1H3,(H,23,24)(H,25,26);(H,6,7). The topological polar surface area (TPSA) is 109 Å². The van der Waals surface area contributed by atoms with Gasteiger partial charge in [0.2, 0.25) is 0 Å². The van der Waals surface area contributed by atoms with Gasteiger partial charge < -0.3 is 20.3 Å². The van der Waals surface area contributed by atoms with E-state index in [4.69, 9.17) is 24.7 Å². The van der Waals surface area contributed by atoms with Crippen molar-refractivity contribution >= 4 is 17.8 Å². The molecular weight excluding hydrogens is 453 g/mol. The molecule has 0 spiro atoms. The van der Waals surface area contributed by atoms with Crippen molar-refractivity contribution in [2.75, 3.05) is 18.5 Å². The number of nitrogens with zero attached hydrogens (tertiary/aromatic N) is 1. The normalized spacial score (nSPS) is 20.8. The van der Waals surface area contributed by atoms with E-state index in [1.807, 2.05) is 12.1 Å². The Hall–Kier alpha value is -3.30. The van der Waals surface area contributed by atoms with E-state index in [0.29, 0.717) is 6.61 Å². The molecule has 1 aromatic carbocycles. The van der Waals surface area contributed by atoms with Crippen molar-refractivity contribution in [3.8, 4) is 5.75 Å². The molecule has 7 nitrogen and oxygen atoms in total. The highest BCUT2D eigenvalue weighted by atomic mass is 19.4. The van der Waals surface area contributed by atoms with Gasteiger partial charge >= 0.3 is 18.1 Å². The number of carboxylic acid groups (broad SMARTS) is 2. The summed E-state index contributed by atoms with van der Waals surface area (Å²) in [5.74, 6) is -1.36. The second kappa shape index (κ2) is 10.3. The van der Waals surface area contributed by atoms with E-state index in [0.717, 1.165) is 43.1 Å². The third-order valence-corrected chi connectivity index (χ3v) is 6.17. The summed E-state index contributed by atoms with van der Waals surface area (Å²) < 4.78 is 37.6. The first-order chi connectivity index (χ1) is 16.0. The maximum atomic E-state index is 10.9. The average Bonchev–Trinajstić information content (AvgIpc) is 3.43. The number of carbonyl (C=O) groups is 2. The summed E-state index contributed by atoms with van der Waals surface area (Å²) in [6, 6.07) is 12.4. The lowest BCUT2D eigenvalue weighted by atomic mass is 9.94. The molecule has 10 heteroatoms. The Morgan fingerprint density at radius 1 is 1.18 bits per heavy atom. The highest BCUT2D eigenvalue weighted by molar-refractivity contribution is 5.73. The Balaban J connectivity index is 0.000000406. The average molecular weight is 480 g/mol. The fourth-order valence-electron chi connectivity index (χ4n) is 4.03. The molecule has 0 saturated heterocycles. The van der Waals surface area contributed by atoms with Gasteiger partial charge in [-0.1, -0.05) is 25.1 Å². The summed E-state index contributed by atoms with van der Waals surface area (Å²) in [6.45, 7) is 3.73. The van der Waals surface area contributed by atoms with Crippen LogP contribution in [0.1, 0.15) is 43.0 Å². The smallest absolute Gasteiger partial charge is 0.490 e. The summed E-state index contributed by atoms with van der Waals surface area (Å²) in [5.41, 5.74) is 3.54. The molecule has 1 aromatic heterocycles. The minimum Gasteiger partial charge on any atom is -0.493 e. The Kier molecular flexibility index (Phi) is 7.68. The fourth-order valence-corrected chi connectivity index (χ4v) is 4.03. The van der Waals surface area contributed by atoms with E-state index in [1.54, 1.807) is 0 Å². The van der Waals surface area contributed by atoms with Crippen molar-refractivity contribution in [1.82, 2.24) is 4.98 Å². The molecule has 1 aliphatic heterocycles. The zero-order chi connectivity index (χ0) is 24.9. The van der Waals surface area contributed by atoms with Crippen LogP contribution in [0.3, 0.4) is 0 Å². The van der Waals surface area contributed by atoms with Crippen LogP contribution in [0.25, 0.3) is 0 Å². The number of nitrogens with one attached hydrogen (secondary N) is 1. The lowest BCUT2D eigenvalue weighted by Crippen LogP contribution is -2.21. The van der Waals surface area contributed by atoms with Gasteiger partial charge in [0.1, 0.15) is 11.6 Å². The molecule has 2 unspecified atom stereocenters. The van der Waals surface area contributed by atoms with Gasteiger partial charge in [-0.15, -0.1) is 0 Å². The number of anilines is 1. The van der Waals surface area contributed by atoms with Gasteiger partial charge in [-0.25, -0.2) is 9.78 Å². The molecule has 3 N–H and O–H groups in total. The molecule has 2 aliphatic rings. The largest absolute Gasteiger partial charge is 0.493 e. The molecule has 2 atom stereocenters. The number of pyridine rings is 1. The minimum atomic E-state index is -5.08. The van der Waals surface area contributed by atoms with Crippen LogP contribution in [-0.2, 0) is 27.8 Å². The van der Waals surface area contributed by atoms with Crippen molar-refractivity contribution in [2.24, 2.45) is 5.92 Å². The number of carboxylic acids is 2. The molecular formula is C24H27F3N2O5. The highest BCUT2D eigenvalue weighted by Crippen LogP contribution is 2.55. The van der Waals surface area contributed by atoms with E-state index in [9.17, 15) is 18.0 Å². The van der Waals surface area contributed by atoms with Crippen molar-refractivity contribution < 1.29 is 37.7 Å². The van der Waals surface area contributed by atoms with Gasteiger partial charge in [-0.2, -0.15) is 13.2 Å². The monoisotopic (exact) mass is 480 g/mol. The number of benzene rings is 1. The summed E-state index contributed by atoms with van der Waals surface area (Å²) in [6.07, 6.45) is -0.849. The van der Waals surface area contributed by atoms with Crippen LogP contribution in [0.4, 0.5) is 19.0 Å². The van der Waals surface area contributed by atoms with Gasteiger partial charge in [0, 0.05) is 25.1 Å². The number of ether oxygens (including phenoxy) is 1. The van der Waals surface area contributed by atoms with Crippen molar-refractivity contribution in [3.05, 3.63) is 53.2 Å². The van der Waals surface area contributed by atoms with Gasteiger partial charge in [0.05, 0.1) is 6.61 Å². The predicted molar refractivity (Wildman–Crippen MR) is 118 cm³/mol. The Morgan fingerprint density at radius 3 is 2.47 bits per heavy atom. The Morgan fingerprint density at radius 2 is 1.85 bits per heavy atom. The number of alkyl halides is 3. The molecule has 0 amide bonds. The van der Waals surface area contributed by atoms with Crippen molar-refractivity contribution in [3.63, 3.8) is 0 Å². The summed E-state index contributed by atoms with van der Waals surface area (Å²) in [4.78, 5) is 24.5. The number of hydrogen-bond acceptors (Lipinski definition) is 5. The third-order valence-electron chi connectivity index (χ3n) is 6.17. The molecule has 0 bridgehead atoms. The van der Waals surface area contributed by atoms with Crippen LogP contribution in [0.2, 0.25) is 0 Å². The van der Waals surface area contributed by atoms with Crippen LogP contribution in [-0.4, -0.2) is 46.5 Å². The summed E-state index contributed by atoms with van der Waals surface area (Å²) in [7, 11) is 0. The van der Waals surface area contributed by atoms with Crippen LogP contribution in [0, 0.1) is 5.92 Å². The molecule has 2 aromatic rings. The third kappa shape index (κ3) is 6.61. The van der Waals surface area contributed by atoms with E-state index < -0.39 is 18.1 Å². The molecule has 184 valence electrons. The lowest BCUT2D eigenvalue weighted by Gasteiger charge is -2.17. The van der Waals surface area contributed by atoms with E-state index in [2.05, 4.69) is 36.5 Å². The predicted octanol–water partition coefficient (Wildman–Crippen LogP) is 4.45. The molecule has 1 saturated carbocycles. The molecule has 34 heavy (non-hydrogen) atoms. The molecule has 1 aliphatic carbocycles. The van der Waals surface area contributed by atoms with E-state index in [1.165, 1.54) is 17.5 Å². The summed E-state index contributed by atoms with van der Waals surface area (Å²) in [5, 5.41) is 19.5. The maximum absolute atomic E-state index is 10.9. The summed E-state index contributed by atoms with van der Waals surface area (Å²) >= 11 is 0. The van der Waals surface area contributed by atoms with Crippen LogP contribution in [0.5, 0.6) is 5.75 Å². The Labute approximate surface area is 195 Å². The molecule has 2 heterocycles. The van der Waals surface area contributed by atoms with Gasteiger partial charge in [-0.05, 0) is 59.9 Å². The quantitative estimate of drug-likeness (QED) is 0.537.